The Hall–Kier alpha value is -3.10. The number of H-pyrrole nitrogens is 1. The van der Waals surface area contributed by atoms with Gasteiger partial charge in [-0.3, -0.25) is 4.79 Å². The summed E-state index contributed by atoms with van der Waals surface area (Å²) in [6.07, 6.45) is 6.95. The van der Waals surface area contributed by atoms with Crippen LogP contribution in [-0.2, 0) is 16.3 Å². The number of hydrogen-bond acceptors (Lipinski definition) is 5. The van der Waals surface area contributed by atoms with Gasteiger partial charge in [0.25, 0.3) is 0 Å². The van der Waals surface area contributed by atoms with Crippen molar-refractivity contribution in [1.29, 1.82) is 0 Å². The van der Waals surface area contributed by atoms with E-state index in [0.29, 0.717) is 31.1 Å². The summed E-state index contributed by atoms with van der Waals surface area (Å²) in [5.74, 6) is 3.12. The molecule has 0 saturated heterocycles. The third kappa shape index (κ3) is 5.63. The molecule has 1 unspecified atom stereocenters. The molecule has 2 saturated carbocycles. The van der Waals surface area contributed by atoms with Gasteiger partial charge in [0, 0.05) is 22.7 Å². The summed E-state index contributed by atoms with van der Waals surface area (Å²) in [5.41, 5.74) is 6.96. The van der Waals surface area contributed by atoms with Crippen LogP contribution in [0.1, 0.15) is 48.8 Å². The molecule has 2 aliphatic carbocycles. The number of benzene rings is 2. The molecular weight excluding hydrogens is 506 g/mol. The van der Waals surface area contributed by atoms with Gasteiger partial charge in [0.1, 0.15) is 12.6 Å². The molecule has 0 radical (unpaired) electrons. The smallest absolute Gasteiger partial charge is 0.235 e. The normalized spacial score (nSPS) is 16.2. The first-order valence-corrected chi connectivity index (χ1v) is 15.4. The van der Waals surface area contributed by atoms with Crippen molar-refractivity contribution in [1.82, 2.24) is 19.7 Å². The van der Waals surface area contributed by atoms with Gasteiger partial charge in [-0.25, -0.2) is 9.67 Å². The number of rotatable bonds is 12. The Bertz CT molecular complexity index is 1410. The number of aryl methyl sites for hydroxylation is 1. The average molecular weight is 544 g/mol. The molecule has 2 aliphatic rings. The molecule has 204 valence electrons. The highest BCUT2D eigenvalue weighted by molar-refractivity contribution is 7.98. The second kappa shape index (κ2) is 11.2. The minimum atomic E-state index is -0.272. The van der Waals surface area contributed by atoms with Crippen molar-refractivity contribution in [2.75, 3.05) is 23.9 Å². The minimum Gasteiger partial charge on any atom is -0.358 e. The third-order valence-corrected chi connectivity index (χ3v) is 8.75. The summed E-state index contributed by atoms with van der Waals surface area (Å²) in [7, 11) is 0. The maximum Gasteiger partial charge on any atom is 0.235 e. The van der Waals surface area contributed by atoms with Crippen molar-refractivity contribution >= 4 is 34.4 Å². The van der Waals surface area contributed by atoms with Crippen LogP contribution in [0.25, 0.3) is 22.2 Å². The first-order chi connectivity index (χ1) is 19.0. The van der Waals surface area contributed by atoms with E-state index in [1.807, 2.05) is 48.0 Å². The largest absolute Gasteiger partial charge is 0.358 e. The minimum absolute atomic E-state index is 0.0354. The molecule has 2 heterocycles. The fraction of sp³-hybridized carbons (Fsp3) is 0.452. The van der Waals surface area contributed by atoms with Crippen molar-refractivity contribution in [3.05, 3.63) is 65.7 Å². The lowest BCUT2D eigenvalue weighted by Gasteiger charge is -2.25. The molecule has 0 spiro atoms. The fourth-order valence-electron chi connectivity index (χ4n) is 5.97. The van der Waals surface area contributed by atoms with Crippen molar-refractivity contribution in [2.45, 2.75) is 52.2 Å². The van der Waals surface area contributed by atoms with E-state index in [0.717, 1.165) is 50.8 Å². The number of nitrogens with zero attached hydrogens (tertiary/aromatic N) is 3. The van der Waals surface area contributed by atoms with E-state index in [1.165, 1.54) is 25.7 Å². The van der Waals surface area contributed by atoms with Gasteiger partial charge in [-0.05, 0) is 93.4 Å². The number of amides is 1. The lowest BCUT2D eigenvalue weighted by molar-refractivity contribution is -0.119. The molecule has 39 heavy (non-hydrogen) atoms. The molecule has 2 aromatic heterocycles. The van der Waals surface area contributed by atoms with Crippen molar-refractivity contribution in [2.24, 2.45) is 17.8 Å². The number of hydrogen-bond donors (Lipinski definition) is 2. The average Bonchev–Trinajstić information content (AvgIpc) is 3.87. The monoisotopic (exact) mass is 543 g/mol. The molecular formula is C31H37N5O2S. The van der Waals surface area contributed by atoms with Crippen LogP contribution < -0.4 is 5.32 Å². The van der Waals surface area contributed by atoms with E-state index in [1.54, 1.807) is 11.8 Å². The van der Waals surface area contributed by atoms with Gasteiger partial charge in [-0.15, -0.1) is 0 Å². The number of fused-ring (bicyclic) bond motifs is 1. The Morgan fingerprint density at radius 3 is 2.49 bits per heavy atom. The Morgan fingerprint density at radius 2 is 1.82 bits per heavy atom. The van der Waals surface area contributed by atoms with Crippen LogP contribution in [0.5, 0.6) is 0 Å². The Balaban J connectivity index is 1.22. The highest BCUT2D eigenvalue weighted by atomic mass is 32.2. The van der Waals surface area contributed by atoms with Crippen LogP contribution in [0.3, 0.4) is 0 Å². The predicted octanol–water partition coefficient (Wildman–Crippen LogP) is 6.54. The summed E-state index contributed by atoms with van der Waals surface area (Å²) in [4.78, 5) is 22.3. The first-order valence-electron chi connectivity index (χ1n) is 14.0. The van der Waals surface area contributed by atoms with Crippen LogP contribution in [0, 0.1) is 31.6 Å². The zero-order valence-corrected chi connectivity index (χ0v) is 23.8. The lowest BCUT2D eigenvalue weighted by atomic mass is 9.82. The molecule has 6 rings (SSSR count). The van der Waals surface area contributed by atoms with Crippen molar-refractivity contribution in [3.63, 3.8) is 0 Å². The van der Waals surface area contributed by atoms with Gasteiger partial charge in [0.15, 0.2) is 0 Å². The van der Waals surface area contributed by atoms with E-state index in [9.17, 15) is 4.79 Å². The SMILES string of the molecule is CSCCOCn1nc(C)c(-c2ccc(NC(=O)C(c3nc4ccccc4[nH]3)C(C3CC3)C3CC3)cc2)c1C. The number of aromatic nitrogens is 4. The first kappa shape index (κ1) is 26.1. The molecule has 0 bridgehead atoms. The van der Waals surface area contributed by atoms with Gasteiger partial charge in [0.05, 0.1) is 29.3 Å². The second-order valence-corrected chi connectivity index (χ2v) is 12.0. The van der Waals surface area contributed by atoms with E-state index >= 15 is 0 Å². The Labute approximate surface area is 234 Å². The molecule has 2 fully saturated rings. The molecule has 2 N–H and O–H groups in total. The van der Waals surface area contributed by atoms with Gasteiger partial charge in [0.2, 0.25) is 5.91 Å². The zero-order valence-electron chi connectivity index (χ0n) is 22.9. The highest BCUT2D eigenvalue weighted by Crippen LogP contribution is 2.54. The Kier molecular flexibility index (Phi) is 7.49. The molecule has 7 nitrogen and oxygen atoms in total. The van der Waals surface area contributed by atoms with Crippen LogP contribution in [0.4, 0.5) is 5.69 Å². The van der Waals surface area contributed by atoms with E-state index < -0.39 is 0 Å². The van der Waals surface area contributed by atoms with Gasteiger partial charge in [-0.2, -0.15) is 16.9 Å². The fourth-order valence-corrected chi connectivity index (χ4v) is 6.25. The summed E-state index contributed by atoms with van der Waals surface area (Å²) in [5, 5.41) is 7.94. The Morgan fingerprint density at radius 1 is 1.10 bits per heavy atom. The van der Waals surface area contributed by atoms with Crippen LogP contribution in [0.2, 0.25) is 0 Å². The number of thioether (sulfide) groups is 1. The molecule has 1 amide bonds. The summed E-state index contributed by atoms with van der Waals surface area (Å²) < 4.78 is 7.70. The summed E-state index contributed by atoms with van der Waals surface area (Å²) in [6.45, 7) is 5.27. The number of anilines is 1. The third-order valence-electron chi connectivity index (χ3n) is 8.17. The van der Waals surface area contributed by atoms with Gasteiger partial charge in [-0.1, -0.05) is 24.3 Å². The number of nitrogens with one attached hydrogen (secondary N) is 2. The second-order valence-electron chi connectivity index (χ2n) is 11.0. The molecule has 8 heteroatoms. The van der Waals surface area contributed by atoms with Crippen LogP contribution in [0.15, 0.2) is 48.5 Å². The number of carbonyl (C=O) groups is 1. The van der Waals surface area contributed by atoms with Gasteiger partial charge >= 0.3 is 0 Å². The lowest BCUT2D eigenvalue weighted by Crippen LogP contribution is -2.31. The number of para-hydroxylation sites is 2. The van der Waals surface area contributed by atoms with E-state index in [2.05, 4.69) is 35.6 Å². The quantitative estimate of drug-likeness (QED) is 0.198. The highest BCUT2D eigenvalue weighted by Gasteiger charge is 2.49. The maximum absolute atomic E-state index is 13.9. The van der Waals surface area contributed by atoms with Gasteiger partial charge < -0.3 is 15.0 Å². The van der Waals surface area contributed by atoms with E-state index in [-0.39, 0.29) is 11.8 Å². The van der Waals surface area contributed by atoms with Crippen molar-refractivity contribution in [3.8, 4) is 11.1 Å². The van der Waals surface area contributed by atoms with Crippen molar-refractivity contribution < 1.29 is 9.53 Å². The zero-order chi connectivity index (χ0) is 26.9. The number of carbonyl (C=O) groups excluding carboxylic acids is 1. The predicted molar refractivity (Wildman–Crippen MR) is 158 cm³/mol. The summed E-state index contributed by atoms with van der Waals surface area (Å²) in [6, 6.07) is 16.2. The molecule has 0 aliphatic heterocycles. The molecule has 1 atom stereocenters. The number of aromatic amines is 1. The standard InChI is InChI=1S/C31H37N5O2S/c1-19-27(20(2)36(35-19)18-38-16-17-39-3)21-12-14-24(15-13-21)32-31(37)29(28(22-8-9-22)23-10-11-23)30-33-25-6-4-5-7-26(25)34-30/h4-7,12-15,22-23,28-29H,8-11,16-18H2,1-3H3,(H,32,37)(H,33,34). The molecule has 2 aromatic carbocycles. The number of imidazole rings is 1. The maximum atomic E-state index is 13.9. The number of ether oxygens (including phenoxy) is 1. The topological polar surface area (TPSA) is 84.8 Å². The summed E-state index contributed by atoms with van der Waals surface area (Å²) >= 11 is 1.77. The molecule has 4 aromatic rings. The van der Waals surface area contributed by atoms with Crippen LogP contribution >= 0.6 is 11.8 Å². The van der Waals surface area contributed by atoms with E-state index in [4.69, 9.17) is 14.8 Å². The van der Waals surface area contributed by atoms with Crippen LogP contribution in [-0.4, -0.2) is 44.3 Å².